The average molecular weight is 687 g/mol. The molecule has 0 aliphatic carbocycles. The average Bonchev–Trinajstić information content (AvgIpc) is 3.71. The lowest BCUT2D eigenvalue weighted by Gasteiger charge is -2.36. The summed E-state index contributed by atoms with van der Waals surface area (Å²) in [5.41, 5.74) is 3.46. The largest absolute Gasteiger partial charge is 0.494 e. The lowest BCUT2D eigenvalue weighted by atomic mass is 9.94. The lowest BCUT2D eigenvalue weighted by Crippen LogP contribution is -2.45. The van der Waals surface area contributed by atoms with Crippen LogP contribution in [0.15, 0.2) is 64.5 Å². The van der Waals surface area contributed by atoms with Crippen LogP contribution in [0.5, 0.6) is 5.75 Å². The number of benzene rings is 1. The molecule has 0 fully saturated rings. The third-order valence-electron chi connectivity index (χ3n) is 8.38. The zero-order valence-corrected chi connectivity index (χ0v) is 28.2. The number of carbonyl (C=O) groups excluding carboxylic acids is 4. The van der Waals surface area contributed by atoms with Gasteiger partial charge < -0.3 is 34.3 Å². The van der Waals surface area contributed by atoms with E-state index in [4.69, 9.17) is 14.2 Å². The minimum atomic E-state index is -0.517. The number of thioether (sulfide) groups is 1. The van der Waals surface area contributed by atoms with E-state index in [0.29, 0.717) is 66.0 Å². The van der Waals surface area contributed by atoms with Gasteiger partial charge in [0.25, 0.3) is 5.91 Å². The van der Waals surface area contributed by atoms with Crippen LogP contribution in [0.1, 0.15) is 51.2 Å². The summed E-state index contributed by atoms with van der Waals surface area (Å²) in [4.78, 5) is 65.7. The molecule has 6 rings (SSSR count). The van der Waals surface area contributed by atoms with Crippen molar-refractivity contribution in [2.24, 2.45) is 0 Å². The molecule has 49 heavy (non-hydrogen) atoms. The lowest BCUT2D eigenvalue weighted by molar-refractivity contribution is -0.133. The van der Waals surface area contributed by atoms with Gasteiger partial charge in [-0.25, -0.2) is 9.97 Å². The molecule has 6 bridgehead atoms. The van der Waals surface area contributed by atoms with Crippen LogP contribution in [0.3, 0.4) is 0 Å². The molecular formula is C34H38N8O6S. The van der Waals surface area contributed by atoms with E-state index >= 15 is 0 Å². The highest BCUT2D eigenvalue weighted by atomic mass is 32.2. The first kappa shape index (κ1) is 33.7. The van der Waals surface area contributed by atoms with Crippen molar-refractivity contribution in [3.05, 3.63) is 89.0 Å². The van der Waals surface area contributed by atoms with E-state index in [2.05, 4.69) is 20.8 Å². The number of rotatable bonds is 4. The van der Waals surface area contributed by atoms with Crippen molar-refractivity contribution < 1.29 is 28.4 Å². The first-order valence-electron chi connectivity index (χ1n) is 16.1. The molecule has 14 nitrogen and oxygen atoms in total. The Morgan fingerprint density at radius 3 is 2.67 bits per heavy atom. The second kappa shape index (κ2) is 15.4. The number of aromatic nitrogens is 4. The summed E-state index contributed by atoms with van der Waals surface area (Å²) in [6.45, 7) is 2.96. The molecule has 1 atom stereocenters. The highest BCUT2D eigenvalue weighted by Crippen LogP contribution is 2.36. The van der Waals surface area contributed by atoms with Crippen LogP contribution < -0.4 is 15.4 Å². The van der Waals surface area contributed by atoms with Gasteiger partial charge in [-0.15, -0.1) is 11.8 Å². The maximum absolute atomic E-state index is 13.7. The Kier molecular flexibility index (Phi) is 10.6. The van der Waals surface area contributed by atoms with Crippen molar-refractivity contribution in [2.75, 3.05) is 45.6 Å². The first-order valence-corrected chi connectivity index (χ1v) is 17.3. The third kappa shape index (κ3) is 7.94. The predicted octanol–water partition coefficient (Wildman–Crippen LogP) is 2.17. The Labute approximate surface area is 287 Å². The number of amides is 4. The summed E-state index contributed by atoms with van der Waals surface area (Å²) in [5, 5.41) is 10.2. The zero-order chi connectivity index (χ0) is 34.3. The van der Waals surface area contributed by atoms with Crippen LogP contribution in [0.4, 0.5) is 0 Å². The quantitative estimate of drug-likeness (QED) is 0.304. The van der Waals surface area contributed by atoms with E-state index in [-0.39, 0.29) is 56.2 Å². The van der Waals surface area contributed by atoms with Gasteiger partial charge in [0.05, 0.1) is 42.9 Å². The molecule has 1 aromatic carbocycles. The molecule has 2 aliphatic heterocycles. The molecule has 4 aromatic rings. The summed E-state index contributed by atoms with van der Waals surface area (Å²) >= 11 is 1.34. The van der Waals surface area contributed by atoms with Crippen molar-refractivity contribution >= 4 is 35.4 Å². The van der Waals surface area contributed by atoms with Gasteiger partial charge in [0.15, 0.2) is 0 Å². The molecule has 0 radical (unpaired) electrons. The number of hydrogen-bond donors (Lipinski definition) is 2. The number of hydrogen-bond acceptors (Lipinski definition) is 10. The third-order valence-corrected chi connectivity index (χ3v) is 9.09. The molecule has 2 N–H and O–H groups in total. The van der Waals surface area contributed by atoms with E-state index in [1.807, 2.05) is 30.5 Å². The summed E-state index contributed by atoms with van der Waals surface area (Å²) in [6, 6.07) is 12.1. The number of carbonyl (C=O) groups is 4. The molecule has 15 heteroatoms. The summed E-state index contributed by atoms with van der Waals surface area (Å²) in [7, 11) is 0. The van der Waals surface area contributed by atoms with Gasteiger partial charge in [-0.1, -0.05) is 17.3 Å². The number of nitrogens with zero attached hydrogens (tertiary/aromatic N) is 6. The normalized spacial score (nSPS) is 17.5. The number of fused-ring (bicyclic) bond motifs is 3. The smallest absolute Gasteiger partial charge is 0.257 e. The molecule has 0 spiro atoms. The summed E-state index contributed by atoms with van der Waals surface area (Å²) in [6.07, 6.45) is 6.15. The molecule has 0 saturated heterocycles. The van der Waals surface area contributed by atoms with Crippen LogP contribution in [0, 0.1) is 6.92 Å². The van der Waals surface area contributed by atoms with Gasteiger partial charge in [0, 0.05) is 50.6 Å². The summed E-state index contributed by atoms with van der Waals surface area (Å²) in [5.74, 6) is 0.0163. The van der Waals surface area contributed by atoms with Crippen molar-refractivity contribution in [2.45, 2.75) is 43.8 Å². The Balaban J connectivity index is 1.26. The second-order valence-electron chi connectivity index (χ2n) is 11.8. The van der Waals surface area contributed by atoms with Crippen molar-refractivity contribution in [3.63, 3.8) is 0 Å². The number of pyridine rings is 1. The van der Waals surface area contributed by atoms with Crippen LogP contribution >= 0.6 is 11.8 Å². The topological polar surface area (TPSA) is 165 Å². The highest BCUT2D eigenvalue weighted by molar-refractivity contribution is 7.98. The molecule has 2 aliphatic rings. The van der Waals surface area contributed by atoms with E-state index in [1.54, 1.807) is 47.1 Å². The molecule has 4 amide bonds. The van der Waals surface area contributed by atoms with Gasteiger partial charge in [-0.3, -0.25) is 19.2 Å². The van der Waals surface area contributed by atoms with Gasteiger partial charge >= 0.3 is 0 Å². The number of aryl methyl sites for hydroxylation is 1. The first-order chi connectivity index (χ1) is 23.8. The molecule has 256 valence electrons. The van der Waals surface area contributed by atoms with Gasteiger partial charge in [-0.05, 0) is 49.4 Å². The Morgan fingerprint density at radius 2 is 1.86 bits per heavy atom. The van der Waals surface area contributed by atoms with Crippen molar-refractivity contribution in [1.82, 2.24) is 40.1 Å². The van der Waals surface area contributed by atoms with Gasteiger partial charge in [0.2, 0.25) is 17.7 Å². The van der Waals surface area contributed by atoms with E-state index in [0.717, 1.165) is 11.3 Å². The maximum atomic E-state index is 13.7. The van der Waals surface area contributed by atoms with Gasteiger partial charge in [-0.2, -0.15) is 0 Å². The highest BCUT2D eigenvalue weighted by Gasteiger charge is 2.36. The molecular weight excluding hydrogens is 648 g/mol. The van der Waals surface area contributed by atoms with Crippen molar-refractivity contribution in [1.29, 1.82) is 0 Å². The number of ether oxygens (including phenoxy) is 1. The molecule has 3 aromatic heterocycles. The van der Waals surface area contributed by atoms with Crippen LogP contribution in [0.2, 0.25) is 0 Å². The SMILES string of the molecule is CSc1ncccc1C(=O)N1CCNC(=O)Cn2cnc3c2CCN(C(=O)Cc2cc(C)no2)C3c2cccc(c2)OCCCNC(=O)C1. The summed E-state index contributed by atoms with van der Waals surface area (Å²) < 4.78 is 13.2. The molecule has 1 unspecified atom stereocenters. The van der Waals surface area contributed by atoms with Gasteiger partial charge in [0.1, 0.15) is 29.1 Å². The fraction of sp³-hybridized carbons (Fsp3) is 0.382. The Morgan fingerprint density at radius 1 is 1.02 bits per heavy atom. The number of nitrogens with one attached hydrogen (secondary N) is 2. The Hall–Kier alpha value is -5.18. The fourth-order valence-electron chi connectivity index (χ4n) is 6.09. The van der Waals surface area contributed by atoms with Crippen molar-refractivity contribution in [3.8, 4) is 5.75 Å². The number of imidazole rings is 1. The minimum absolute atomic E-state index is 0.00282. The predicted molar refractivity (Wildman–Crippen MR) is 179 cm³/mol. The monoisotopic (exact) mass is 686 g/mol. The van der Waals surface area contributed by atoms with E-state index < -0.39 is 6.04 Å². The molecule has 5 heterocycles. The maximum Gasteiger partial charge on any atom is 0.257 e. The Bertz CT molecular complexity index is 1840. The van der Waals surface area contributed by atoms with Crippen LogP contribution in [0.25, 0.3) is 0 Å². The molecule has 0 saturated carbocycles. The second-order valence-corrected chi connectivity index (χ2v) is 12.6. The zero-order valence-electron chi connectivity index (χ0n) is 27.4. The fourth-order valence-corrected chi connectivity index (χ4v) is 6.63. The van der Waals surface area contributed by atoms with Crippen LogP contribution in [-0.4, -0.2) is 98.7 Å². The van der Waals surface area contributed by atoms with E-state index in [1.165, 1.54) is 16.7 Å². The van der Waals surface area contributed by atoms with E-state index in [9.17, 15) is 19.2 Å². The minimum Gasteiger partial charge on any atom is -0.494 e. The van der Waals surface area contributed by atoms with Crippen LogP contribution in [-0.2, 0) is 33.8 Å². The standard InChI is InChI=1S/C34H38N8O6S/c1-22-16-25(48-39-22)18-30(45)42-13-9-27-31-32(42)23-6-3-7-24(17-23)47-15-5-11-35-28(43)19-40(14-12-36-29(44)20-41(27)21-38-31)34(46)26-8-4-10-37-33(26)49-2/h3-4,6-8,10,16-17,21,32H,5,9,11-15,18-20H2,1-2H3,(H,35,43)(H,36,44).